The van der Waals surface area contributed by atoms with E-state index in [-0.39, 0.29) is 5.54 Å². The van der Waals surface area contributed by atoms with E-state index in [1.54, 1.807) is 0 Å². The largest absolute Gasteiger partial charge is 0.381 e. The molecule has 0 amide bonds. The molecule has 0 saturated heterocycles. The number of hydrogen-bond donors (Lipinski definition) is 1. The summed E-state index contributed by atoms with van der Waals surface area (Å²) in [5.41, 5.74) is 6.40. The molecule has 0 radical (unpaired) electrons. The fraction of sp³-hybridized carbons (Fsp3) is 1.00. The van der Waals surface area contributed by atoms with Gasteiger partial charge in [0.05, 0.1) is 6.10 Å². The first kappa shape index (κ1) is 14.3. The van der Waals surface area contributed by atoms with Crippen molar-refractivity contribution in [3.8, 4) is 0 Å². The maximum absolute atomic E-state index is 6.15. The van der Waals surface area contributed by atoms with E-state index in [0.29, 0.717) is 6.10 Å². The molecular weight excluding hydrogens is 224 g/mol. The molecule has 2 fully saturated rings. The van der Waals surface area contributed by atoms with Crippen LogP contribution in [0.5, 0.6) is 0 Å². The average molecular weight is 254 g/mol. The van der Waals surface area contributed by atoms with Crippen LogP contribution in [0.25, 0.3) is 0 Å². The number of methoxy groups -OCH3 is 1. The molecule has 0 bridgehead atoms. The lowest BCUT2D eigenvalue weighted by molar-refractivity contribution is -0.0195. The van der Waals surface area contributed by atoms with Gasteiger partial charge in [-0.3, -0.25) is 4.90 Å². The van der Waals surface area contributed by atoms with E-state index in [1.165, 1.54) is 57.8 Å². The van der Waals surface area contributed by atoms with Crippen LogP contribution in [0.15, 0.2) is 0 Å². The fourth-order valence-corrected chi connectivity index (χ4v) is 3.92. The van der Waals surface area contributed by atoms with Gasteiger partial charge in [0.15, 0.2) is 0 Å². The van der Waals surface area contributed by atoms with Gasteiger partial charge in [0.1, 0.15) is 0 Å². The second-order valence-electron chi connectivity index (χ2n) is 6.27. The molecule has 0 unspecified atom stereocenters. The minimum absolute atomic E-state index is 0.247. The van der Waals surface area contributed by atoms with E-state index in [9.17, 15) is 0 Å². The van der Waals surface area contributed by atoms with Crippen LogP contribution in [0.1, 0.15) is 57.8 Å². The molecule has 106 valence electrons. The Morgan fingerprint density at radius 2 is 1.72 bits per heavy atom. The topological polar surface area (TPSA) is 38.5 Å². The maximum atomic E-state index is 6.15. The van der Waals surface area contributed by atoms with E-state index in [0.717, 1.165) is 12.6 Å². The zero-order chi connectivity index (χ0) is 13.0. The molecule has 0 aromatic heterocycles. The molecule has 0 aliphatic heterocycles. The SMILES string of the molecule is COC1CCC(CN)(N(C)C2CCCCC2)CC1. The van der Waals surface area contributed by atoms with Gasteiger partial charge in [-0.05, 0) is 45.6 Å². The normalized spacial score (nSPS) is 35.0. The summed E-state index contributed by atoms with van der Waals surface area (Å²) in [6.07, 6.45) is 12.2. The zero-order valence-corrected chi connectivity index (χ0v) is 12.2. The van der Waals surface area contributed by atoms with E-state index in [2.05, 4.69) is 11.9 Å². The first-order chi connectivity index (χ1) is 8.72. The Morgan fingerprint density at radius 1 is 1.11 bits per heavy atom. The van der Waals surface area contributed by atoms with Crippen molar-refractivity contribution in [2.45, 2.75) is 75.5 Å². The Labute approximate surface area is 112 Å². The van der Waals surface area contributed by atoms with Crippen LogP contribution in [0.3, 0.4) is 0 Å². The monoisotopic (exact) mass is 254 g/mol. The minimum atomic E-state index is 0.247. The van der Waals surface area contributed by atoms with Crippen molar-refractivity contribution in [3.63, 3.8) is 0 Å². The molecule has 3 nitrogen and oxygen atoms in total. The average Bonchev–Trinajstić information content (AvgIpc) is 2.47. The Hall–Kier alpha value is -0.120. The van der Waals surface area contributed by atoms with Crippen LogP contribution in [0.4, 0.5) is 0 Å². The van der Waals surface area contributed by atoms with E-state index in [4.69, 9.17) is 10.5 Å². The van der Waals surface area contributed by atoms with Gasteiger partial charge in [-0.15, -0.1) is 0 Å². The molecule has 2 aliphatic rings. The summed E-state index contributed by atoms with van der Waals surface area (Å²) in [6.45, 7) is 0.802. The van der Waals surface area contributed by atoms with Crippen molar-refractivity contribution in [2.75, 3.05) is 20.7 Å². The highest BCUT2D eigenvalue weighted by Crippen LogP contribution is 2.37. The molecule has 2 N–H and O–H groups in total. The second kappa shape index (κ2) is 6.36. The molecule has 0 atom stereocenters. The minimum Gasteiger partial charge on any atom is -0.381 e. The van der Waals surface area contributed by atoms with Crippen LogP contribution in [0.2, 0.25) is 0 Å². The van der Waals surface area contributed by atoms with Crippen LogP contribution in [-0.4, -0.2) is 43.3 Å². The van der Waals surface area contributed by atoms with Gasteiger partial charge >= 0.3 is 0 Å². The van der Waals surface area contributed by atoms with Gasteiger partial charge in [0.2, 0.25) is 0 Å². The number of nitrogens with zero attached hydrogens (tertiary/aromatic N) is 1. The molecule has 0 spiro atoms. The Kier molecular flexibility index (Phi) is 5.05. The standard InChI is InChI=1S/C15H30N2O/c1-17(13-6-4-3-5-7-13)15(12-16)10-8-14(18-2)9-11-15/h13-14H,3-12,16H2,1-2H3. The third-order valence-electron chi connectivity index (χ3n) is 5.45. The van der Waals surface area contributed by atoms with Crippen molar-refractivity contribution in [2.24, 2.45) is 5.73 Å². The molecule has 0 aromatic carbocycles. The van der Waals surface area contributed by atoms with Crippen molar-refractivity contribution >= 4 is 0 Å². The molecule has 2 aliphatic carbocycles. The van der Waals surface area contributed by atoms with Gasteiger partial charge in [0.25, 0.3) is 0 Å². The molecule has 0 aromatic rings. The predicted octanol–water partition coefficient (Wildman–Crippen LogP) is 2.54. The Bertz CT molecular complexity index is 243. The van der Waals surface area contributed by atoms with Crippen LogP contribution in [0, 0.1) is 0 Å². The van der Waals surface area contributed by atoms with Crippen molar-refractivity contribution in [3.05, 3.63) is 0 Å². The zero-order valence-electron chi connectivity index (χ0n) is 12.2. The van der Waals surface area contributed by atoms with E-state index >= 15 is 0 Å². The second-order valence-corrected chi connectivity index (χ2v) is 6.27. The lowest BCUT2D eigenvalue weighted by Crippen LogP contribution is -2.58. The third kappa shape index (κ3) is 2.89. The van der Waals surface area contributed by atoms with Gasteiger partial charge in [0, 0.05) is 25.2 Å². The lowest BCUT2D eigenvalue weighted by Gasteiger charge is -2.49. The maximum Gasteiger partial charge on any atom is 0.0572 e. The number of hydrogen-bond acceptors (Lipinski definition) is 3. The number of rotatable bonds is 4. The molecule has 0 heterocycles. The summed E-state index contributed by atoms with van der Waals surface area (Å²) in [4.78, 5) is 2.64. The molecule has 18 heavy (non-hydrogen) atoms. The van der Waals surface area contributed by atoms with E-state index < -0.39 is 0 Å². The summed E-state index contributed by atoms with van der Waals surface area (Å²) in [5.74, 6) is 0. The number of ether oxygens (including phenoxy) is 1. The first-order valence-electron chi connectivity index (χ1n) is 7.67. The van der Waals surface area contributed by atoms with Gasteiger partial charge < -0.3 is 10.5 Å². The molecule has 2 saturated carbocycles. The molecule has 2 rings (SSSR count). The van der Waals surface area contributed by atoms with Crippen LogP contribution < -0.4 is 5.73 Å². The fourth-order valence-electron chi connectivity index (χ4n) is 3.92. The Morgan fingerprint density at radius 3 is 2.22 bits per heavy atom. The third-order valence-corrected chi connectivity index (χ3v) is 5.45. The highest BCUT2D eigenvalue weighted by molar-refractivity contribution is 4.97. The summed E-state index contributed by atoms with van der Waals surface area (Å²) in [5, 5.41) is 0. The smallest absolute Gasteiger partial charge is 0.0572 e. The van der Waals surface area contributed by atoms with Crippen LogP contribution >= 0.6 is 0 Å². The summed E-state index contributed by atoms with van der Waals surface area (Å²) < 4.78 is 5.49. The van der Waals surface area contributed by atoms with Gasteiger partial charge in [-0.25, -0.2) is 0 Å². The van der Waals surface area contributed by atoms with Crippen molar-refractivity contribution in [1.29, 1.82) is 0 Å². The van der Waals surface area contributed by atoms with E-state index in [1.807, 2.05) is 7.11 Å². The Balaban J connectivity index is 1.98. The molecule has 3 heteroatoms. The van der Waals surface area contributed by atoms with Crippen molar-refractivity contribution < 1.29 is 4.74 Å². The first-order valence-corrected chi connectivity index (χ1v) is 7.67. The highest BCUT2D eigenvalue weighted by atomic mass is 16.5. The van der Waals surface area contributed by atoms with Gasteiger partial charge in [-0.1, -0.05) is 19.3 Å². The number of nitrogens with two attached hydrogens (primary N) is 1. The summed E-state index contributed by atoms with van der Waals surface area (Å²) >= 11 is 0. The lowest BCUT2D eigenvalue weighted by atomic mass is 9.77. The molecular formula is C15H30N2O. The quantitative estimate of drug-likeness (QED) is 0.838. The predicted molar refractivity (Wildman–Crippen MR) is 75.7 cm³/mol. The highest BCUT2D eigenvalue weighted by Gasteiger charge is 2.40. The number of likely N-dealkylation sites (N-methyl/N-ethyl adjacent to an activating group) is 1. The van der Waals surface area contributed by atoms with Crippen molar-refractivity contribution in [1.82, 2.24) is 4.90 Å². The van der Waals surface area contributed by atoms with Gasteiger partial charge in [-0.2, -0.15) is 0 Å². The summed E-state index contributed by atoms with van der Waals surface area (Å²) in [7, 11) is 4.15. The summed E-state index contributed by atoms with van der Waals surface area (Å²) in [6, 6.07) is 0.765. The van der Waals surface area contributed by atoms with Crippen LogP contribution in [-0.2, 0) is 4.74 Å².